The molecule has 1 aromatic carbocycles. The van der Waals surface area contributed by atoms with Crippen LogP contribution < -0.4 is 5.73 Å². The minimum Gasteiger partial charge on any atom is -0.409 e. The van der Waals surface area contributed by atoms with Gasteiger partial charge >= 0.3 is 0 Å². The molecular weight excluding hydrogens is 264 g/mol. The van der Waals surface area contributed by atoms with E-state index < -0.39 is 11.6 Å². The predicted molar refractivity (Wildman–Crippen MR) is 72.4 cm³/mol. The predicted octanol–water partition coefficient (Wildman–Crippen LogP) is 2.46. The van der Waals surface area contributed by atoms with E-state index in [2.05, 4.69) is 5.16 Å². The molecule has 0 saturated heterocycles. The van der Waals surface area contributed by atoms with Crippen molar-refractivity contribution in [2.24, 2.45) is 10.9 Å². The number of nitrogens with zero attached hydrogens (tertiary/aromatic N) is 2. The fraction of sp³-hybridized carbons (Fsp3) is 0.500. The maximum absolute atomic E-state index is 13.2. The molecule has 2 rings (SSSR count). The number of amidine groups is 1. The quantitative estimate of drug-likeness (QED) is 0.378. The van der Waals surface area contributed by atoms with Crippen LogP contribution in [-0.4, -0.2) is 28.5 Å². The standard InChI is InChI=1S/C14H19F2N3O/c15-11-5-10(6-12(16)7-11)8-19(9-14(17)18-20)13-3-1-2-4-13/h5-7,13,20H,1-4,8-9H2,(H2,17,18). The smallest absolute Gasteiger partial charge is 0.153 e. The van der Waals surface area contributed by atoms with Gasteiger partial charge < -0.3 is 10.9 Å². The second kappa shape index (κ2) is 6.65. The van der Waals surface area contributed by atoms with Crippen molar-refractivity contribution in [1.29, 1.82) is 0 Å². The number of hydrogen-bond donors (Lipinski definition) is 2. The fourth-order valence-electron chi connectivity index (χ4n) is 2.76. The van der Waals surface area contributed by atoms with Gasteiger partial charge in [-0.05, 0) is 30.5 Å². The zero-order chi connectivity index (χ0) is 14.5. The summed E-state index contributed by atoms with van der Waals surface area (Å²) in [7, 11) is 0. The minimum atomic E-state index is -0.588. The first-order valence-corrected chi connectivity index (χ1v) is 6.74. The van der Waals surface area contributed by atoms with Crippen LogP contribution in [0.1, 0.15) is 31.2 Å². The lowest BCUT2D eigenvalue weighted by molar-refractivity contribution is 0.213. The van der Waals surface area contributed by atoms with Crippen molar-refractivity contribution in [2.45, 2.75) is 38.3 Å². The van der Waals surface area contributed by atoms with Crippen LogP contribution in [0, 0.1) is 11.6 Å². The second-order valence-electron chi connectivity index (χ2n) is 5.21. The summed E-state index contributed by atoms with van der Waals surface area (Å²) in [4.78, 5) is 2.01. The number of benzene rings is 1. The molecule has 1 aliphatic rings. The van der Waals surface area contributed by atoms with E-state index in [0.29, 0.717) is 24.7 Å². The molecule has 0 amide bonds. The average molecular weight is 283 g/mol. The Kier molecular flexibility index (Phi) is 4.89. The summed E-state index contributed by atoms with van der Waals surface area (Å²) in [5.74, 6) is -1.07. The topological polar surface area (TPSA) is 61.8 Å². The van der Waals surface area contributed by atoms with Crippen LogP contribution >= 0.6 is 0 Å². The van der Waals surface area contributed by atoms with E-state index in [1.54, 1.807) is 0 Å². The van der Waals surface area contributed by atoms with Crippen LogP contribution in [0.4, 0.5) is 8.78 Å². The van der Waals surface area contributed by atoms with E-state index in [0.717, 1.165) is 31.7 Å². The Balaban J connectivity index is 2.13. The number of hydrogen-bond acceptors (Lipinski definition) is 3. The van der Waals surface area contributed by atoms with Crippen molar-refractivity contribution in [1.82, 2.24) is 4.90 Å². The molecular formula is C14H19F2N3O. The first-order valence-electron chi connectivity index (χ1n) is 6.74. The molecule has 3 N–H and O–H groups in total. The summed E-state index contributed by atoms with van der Waals surface area (Å²) in [5.41, 5.74) is 6.12. The maximum Gasteiger partial charge on any atom is 0.153 e. The molecule has 1 aliphatic carbocycles. The summed E-state index contributed by atoms with van der Waals surface area (Å²) < 4.78 is 26.5. The van der Waals surface area contributed by atoms with Gasteiger partial charge in [0.25, 0.3) is 0 Å². The molecule has 110 valence electrons. The van der Waals surface area contributed by atoms with Gasteiger partial charge in [-0.15, -0.1) is 0 Å². The van der Waals surface area contributed by atoms with Crippen molar-refractivity contribution >= 4 is 5.84 Å². The van der Waals surface area contributed by atoms with E-state index in [1.807, 2.05) is 4.90 Å². The van der Waals surface area contributed by atoms with Gasteiger partial charge in [0.05, 0.1) is 6.54 Å². The highest BCUT2D eigenvalue weighted by atomic mass is 19.1. The van der Waals surface area contributed by atoms with Crippen LogP contribution in [0.3, 0.4) is 0 Å². The number of nitrogens with two attached hydrogens (primary N) is 1. The van der Waals surface area contributed by atoms with Gasteiger partial charge in [0, 0.05) is 18.7 Å². The Morgan fingerprint density at radius 3 is 2.40 bits per heavy atom. The van der Waals surface area contributed by atoms with Crippen molar-refractivity contribution in [3.8, 4) is 0 Å². The molecule has 1 aromatic rings. The molecule has 0 radical (unpaired) electrons. The Morgan fingerprint density at radius 2 is 1.85 bits per heavy atom. The molecule has 20 heavy (non-hydrogen) atoms. The Hall–Kier alpha value is -1.69. The van der Waals surface area contributed by atoms with Gasteiger partial charge in [0.1, 0.15) is 11.6 Å². The highest BCUT2D eigenvalue weighted by Crippen LogP contribution is 2.25. The summed E-state index contributed by atoms with van der Waals surface area (Å²) in [5, 5.41) is 11.7. The third kappa shape index (κ3) is 3.90. The van der Waals surface area contributed by atoms with Crippen LogP contribution in [0.15, 0.2) is 23.4 Å². The summed E-state index contributed by atoms with van der Waals surface area (Å²) in [6, 6.07) is 3.79. The van der Waals surface area contributed by atoms with Gasteiger partial charge in [-0.3, -0.25) is 4.90 Å². The SMILES string of the molecule is N/C(CN(Cc1cc(F)cc(F)c1)C1CCCC1)=N/O. The zero-order valence-corrected chi connectivity index (χ0v) is 11.2. The van der Waals surface area contributed by atoms with Crippen LogP contribution in [0.2, 0.25) is 0 Å². The Bertz CT molecular complexity index is 467. The van der Waals surface area contributed by atoms with Crippen molar-refractivity contribution in [3.63, 3.8) is 0 Å². The van der Waals surface area contributed by atoms with Gasteiger partial charge in [0.15, 0.2) is 5.84 Å². The monoisotopic (exact) mass is 283 g/mol. The highest BCUT2D eigenvalue weighted by Gasteiger charge is 2.23. The molecule has 0 atom stereocenters. The van der Waals surface area contributed by atoms with E-state index in [1.165, 1.54) is 12.1 Å². The fourth-order valence-corrected chi connectivity index (χ4v) is 2.76. The molecule has 6 heteroatoms. The zero-order valence-electron chi connectivity index (χ0n) is 11.2. The molecule has 0 aliphatic heterocycles. The number of halogens is 2. The second-order valence-corrected chi connectivity index (χ2v) is 5.21. The first-order chi connectivity index (χ1) is 9.58. The highest BCUT2D eigenvalue weighted by molar-refractivity contribution is 5.81. The third-order valence-corrected chi connectivity index (χ3v) is 3.64. The van der Waals surface area contributed by atoms with E-state index in [4.69, 9.17) is 10.9 Å². The molecule has 1 fully saturated rings. The van der Waals surface area contributed by atoms with Gasteiger partial charge in [0.2, 0.25) is 0 Å². The average Bonchev–Trinajstić information content (AvgIpc) is 2.90. The molecule has 4 nitrogen and oxygen atoms in total. The lowest BCUT2D eigenvalue weighted by Crippen LogP contribution is -2.39. The van der Waals surface area contributed by atoms with E-state index >= 15 is 0 Å². The molecule has 0 bridgehead atoms. The summed E-state index contributed by atoms with van der Waals surface area (Å²) >= 11 is 0. The van der Waals surface area contributed by atoms with Crippen LogP contribution in [0.25, 0.3) is 0 Å². The Labute approximate surface area is 116 Å². The third-order valence-electron chi connectivity index (χ3n) is 3.64. The molecule has 0 aromatic heterocycles. The molecule has 0 unspecified atom stereocenters. The van der Waals surface area contributed by atoms with Crippen molar-refractivity contribution < 1.29 is 14.0 Å². The van der Waals surface area contributed by atoms with E-state index in [9.17, 15) is 8.78 Å². The van der Waals surface area contributed by atoms with Crippen LogP contribution in [0.5, 0.6) is 0 Å². The lowest BCUT2D eigenvalue weighted by atomic mass is 10.1. The number of rotatable bonds is 5. The summed E-state index contributed by atoms with van der Waals surface area (Å²) in [6.45, 7) is 0.675. The van der Waals surface area contributed by atoms with Gasteiger partial charge in [-0.2, -0.15) is 0 Å². The largest absolute Gasteiger partial charge is 0.409 e. The van der Waals surface area contributed by atoms with E-state index in [-0.39, 0.29) is 5.84 Å². The first kappa shape index (κ1) is 14.7. The molecule has 0 spiro atoms. The van der Waals surface area contributed by atoms with Crippen LogP contribution in [-0.2, 0) is 6.54 Å². The normalized spacial score (nSPS) is 17.1. The van der Waals surface area contributed by atoms with Gasteiger partial charge in [-0.25, -0.2) is 8.78 Å². The Morgan fingerprint density at radius 1 is 1.25 bits per heavy atom. The minimum absolute atomic E-state index is 0.105. The molecule has 1 saturated carbocycles. The maximum atomic E-state index is 13.2. The van der Waals surface area contributed by atoms with Gasteiger partial charge in [-0.1, -0.05) is 18.0 Å². The lowest BCUT2D eigenvalue weighted by Gasteiger charge is -2.28. The van der Waals surface area contributed by atoms with Crippen molar-refractivity contribution in [2.75, 3.05) is 6.54 Å². The summed E-state index contributed by atoms with van der Waals surface area (Å²) in [6.07, 6.45) is 4.32. The number of oxime groups is 1. The van der Waals surface area contributed by atoms with Crippen molar-refractivity contribution in [3.05, 3.63) is 35.4 Å². The molecule has 0 heterocycles.